The predicted molar refractivity (Wildman–Crippen MR) is 66.1 cm³/mol. The van der Waals surface area contributed by atoms with E-state index in [1.165, 1.54) is 11.0 Å². The van der Waals surface area contributed by atoms with Crippen LogP contribution in [0.15, 0.2) is 18.2 Å². The molecule has 1 saturated heterocycles. The van der Waals surface area contributed by atoms with Crippen molar-refractivity contribution in [2.45, 2.75) is 25.3 Å². The van der Waals surface area contributed by atoms with Crippen LogP contribution in [0, 0.1) is 12.7 Å². The largest absolute Gasteiger partial charge is 0.465 e. The highest BCUT2D eigenvalue weighted by molar-refractivity contribution is 5.65. The summed E-state index contributed by atoms with van der Waals surface area (Å²) in [6.45, 7) is 2.54. The number of piperidine rings is 1. The van der Waals surface area contributed by atoms with Crippen LogP contribution in [0.3, 0.4) is 0 Å². The van der Waals surface area contributed by atoms with Crippen LogP contribution in [0.4, 0.5) is 9.18 Å². The lowest BCUT2D eigenvalue weighted by Crippen LogP contribution is -2.47. The molecule has 2 atom stereocenters. The van der Waals surface area contributed by atoms with Crippen molar-refractivity contribution in [1.29, 1.82) is 0 Å². The first-order chi connectivity index (χ1) is 8.49. The average molecular weight is 252 g/mol. The second-order valence-electron chi connectivity index (χ2n) is 4.80. The lowest BCUT2D eigenvalue weighted by Gasteiger charge is -2.35. The minimum Gasteiger partial charge on any atom is -0.465 e. The molecule has 18 heavy (non-hydrogen) atoms. The van der Waals surface area contributed by atoms with Crippen molar-refractivity contribution in [1.82, 2.24) is 4.90 Å². The van der Waals surface area contributed by atoms with Gasteiger partial charge in [-0.25, -0.2) is 9.18 Å². The second kappa shape index (κ2) is 4.94. The molecule has 1 fully saturated rings. The van der Waals surface area contributed by atoms with Gasteiger partial charge in [0, 0.05) is 25.0 Å². The van der Waals surface area contributed by atoms with E-state index in [0.29, 0.717) is 25.1 Å². The van der Waals surface area contributed by atoms with Gasteiger partial charge in [0.2, 0.25) is 0 Å². The van der Waals surface area contributed by atoms with Crippen LogP contribution < -0.4 is 5.73 Å². The lowest BCUT2D eigenvalue weighted by molar-refractivity contribution is 0.126. The van der Waals surface area contributed by atoms with Gasteiger partial charge in [-0.05, 0) is 30.5 Å². The third-order valence-electron chi connectivity index (χ3n) is 3.55. The molecular weight excluding hydrogens is 235 g/mol. The highest BCUT2D eigenvalue weighted by Gasteiger charge is 2.30. The highest BCUT2D eigenvalue weighted by Crippen LogP contribution is 2.27. The molecule has 0 saturated carbocycles. The normalized spacial score (nSPS) is 24.1. The number of rotatable bonds is 1. The van der Waals surface area contributed by atoms with E-state index in [1.54, 1.807) is 19.1 Å². The Hall–Kier alpha value is -1.62. The van der Waals surface area contributed by atoms with Gasteiger partial charge in [-0.3, -0.25) is 0 Å². The van der Waals surface area contributed by atoms with E-state index < -0.39 is 6.09 Å². The molecule has 1 aliphatic heterocycles. The Bertz CT molecular complexity index is 464. The zero-order chi connectivity index (χ0) is 13.3. The van der Waals surface area contributed by atoms with Crippen molar-refractivity contribution in [3.63, 3.8) is 0 Å². The fourth-order valence-electron chi connectivity index (χ4n) is 2.40. The fourth-order valence-corrected chi connectivity index (χ4v) is 2.40. The van der Waals surface area contributed by atoms with Crippen LogP contribution in [-0.4, -0.2) is 35.2 Å². The molecule has 3 N–H and O–H groups in total. The monoisotopic (exact) mass is 252 g/mol. The maximum Gasteiger partial charge on any atom is 0.407 e. The summed E-state index contributed by atoms with van der Waals surface area (Å²) in [6.07, 6.45) is -0.293. The molecule has 1 aliphatic rings. The van der Waals surface area contributed by atoms with Crippen molar-refractivity contribution in [2.24, 2.45) is 5.73 Å². The van der Waals surface area contributed by atoms with Crippen LogP contribution in [0.25, 0.3) is 0 Å². The molecule has 1 aromatic carbocycles. The Morgan fingerprint density at radius 2 is 2.28 bits per heavy atom. The lowest BCUT2D eigenvalue weighted by atomic mass is 9.86. The molecule has 1 aromatic rings. The number of hydrogen-bond donors (Lipinski definition) is 2. The van der Waals surface area contributed by atoms with E-state index >= 15 is 0 Å². The summed E-state index contributed by atoms with van der Waals surface area (Å²) in [7, 11) is 0. The summed E-state index contributed by atoms with van der Waals surface area (Å²) in [6, 6.07) is 4.78. The minimum absolute atomic E-state index is 0.0610. The summed E-state index contributed by atoms with van der Waals surface area (Å²) in [5, 5.41) is 9.01. The Morgan fingerprint density at radius 3 is 2.89 bits per heavy atom. The quantitative estimate of drug-likeness (QED) is 0.802. The molecule has 1 amide bonds. The molecule has 2 rings (SSSR count). The van der Waals surface area contributed by atoms with E-state index in [1.807, 2.05) is 0 Å². The second-order valence-corrected chi connectivity index (χ2v) is 4.80. The number of carboxylic acid groups (broad SMARTS) is 1. The molecule has 0 radical (unpaired) electrons. The standard InChI is InChI=1S/C13H17FN2O2/c1-8-6-9(2-3-11(8)14)10-7-16(13(17)18)5-4-12(10)15/h2-3,6,10,12H,4-5,7,15H2,1H3,(H,17,18)/t10-,12+/m0/s1. The van der Waals surface area contributed by atoms with Gasteiger partial charge in [0.25, 0.3) is 0 Å². The average Bonchev–Trinajstić information content (AvgIpc) is 2.33. The maximum atomic E-state index is 13.2. The third kappa shape index (κ3) is 2.46. The van der Waals surface area contributed by atoms with Gasteiger partial charge in [-0.2, -0.15) is 0 Å². The number of aryl methyl sites for hydroxylation is 1. The molecule has 0 spiro atoms. The predicted octanol–water partition coefficient (Wildman–Crippen LogP) is 1.93. The highest BCUT2D eigenvalue weighted by atomic mass is 19.1. The van der Waals surface area contributed by atoms with Gasteiger partial charge in [0.05, 0.1) is 0 Å². The molecule has 4 nitrogen and oxygen atoms in total. The van der Waals surface area contributed by atoms with Crippen LogP contribution in [-0.2, 0) is 0 Å². The summed E-state index contributed by atoms with van der Waals surface area (Å²) in [5.74, 6) is -0.313. The molecule has 0 aliphatic carbocycles. The molecule has 0 unspecified atom stereocenters. The molecule has 0 aromatic heterocycles. The number of likely N-dealkylation sites (tertiary alicyclic amines) is 1. The van der Waals surface area contributed by atoms with Gasteiger partial charge in [0.1, 0.15) is 5.82 Å². The van der Waals surface area contributed by atoms with Crippen molar-refractivity contribution in [3.05, 3.63) is 35.1 Å². The van der Waals surface area contributed by atoms with Crippen LogP contribution in [0.5, 0.6) is 0 Å². The number of carbonyl (C=O) groups is 1. The topological polar surface area (TPSA) is 66.6 Å². The Labute approximate surface area is 105 Å². The Morgan fingerprint density at radius 1 is 1.56 bits per heavy atom. The van der Waals surface area contributed by atoms with Crippen molar-refractivity contribution in [3.8, 4) is 0 Å². The maximum absolute atomic E-state index is 13.2. The summed E-state index contributed by atoms with van der Waals surface area (Å²) in [5.41, 5.74) is 7.52. The van der Waals surface area contributed by atoms with Gasteiger partial charge < -0.3 is 15.7 Å². The zero-order valence-electron chi connectivity index (χ0n) is 10.3. The fraction of sp³-hybridized carbons (Fsp3) is 0.462. The van der Waals surface area contributed by atoms with E-state index in [0.717, 1.165) is 5.56 Å². The van der Waals surface area contributed by atoms with Gasteiger partial charge >= 0.3 is 6.09 Å². The van der Waals surface area contributed by atoms with Crippen LogP contribution in [0.2, 0.25) is 0 Å². The molecule has 5 heteroatoms. The number of hydrogen-bond acceptors (Lipinski definition) is 2. The number of nitrogens with zero attached hydrogens (tertiary/aromatic N) is 1. The van der Waals surface area contributed by atoms with Gasteiger partial charge in [0.15, 0.2) is 0 Å². The van der Waals surface area contributed by atoms with Gasteiger partial charge in [-0.1, -0.05) is 12.1 Å². The van der Waals surface area contributed by atoms with Crippen molar-refractivity contribution in [2.75, 3.05) is 13.1 Å². The van der Waals surface area contributed by atoms with Crippen LogP contribution in [0.1, 0.15) is 23.5 Å². The van der Waals surface area contributed by atoms with Crippen LogP contribution >= 0.6 is 0 Å². The Kier molecular flexibility index (Phi) is 3.52. The summed E-state index contributed by atoms with van der Waals surface area (Å²) >= 11 is 0. The van der Waals surface area contributed by atoms with E-state index in [4.69, 9.17) is 10.8 Å². The minimum atomic E-state index is -0.925. The first-order valence-electron chi connectivity index (χ1n) is 5.98. The van der Waals surface area contributed by atoms with E-state index in [9.17, 15) is 9.18 Å². The SMILES string of the molecule is Cc1cc([C@@H]2CN(C(=O)O)CC[C@H]2N)ccc1F. The third-order valence-corrected chi connectivity index (χ3v) is 3.55. The summed E-state index contributed by atoms with van der Waals surface area (Å²) in [4.78, 5) is 12.4. The Balaban J connectivity index is 2.24. The number of amides is 1. The zero-order valence-corrected chi connectivity index (χ0v) is 10.3. The van der Waals surface area contributed by atoms with E-state index in [2.05, 4.69) is 0 Å². The molecule has 98 valence electrons. The molecule has 1 heterocycles. The number of benzene rings is 1. The summed E-state index contributed by atoms with van der Waals surface area (Å²) < 4.78 is 13.2. The smallest absolute Gasteiger partial charge is 0.407 e. The number of halogens is 1. The van der Waals surface area contributed by atoms with Crippen molar-refractivity contribution >= 4 is 6.09 Å². The molecule has 0 bridgehead atoms. The number of nitrogens with two attached hydrogens (primary N) is 1. The van der Waals surface area contributed by atoms with Gasteiger partial charge in [-0.15, -0.1) is 0 Å². The first kappa shape index (κ1) is 12.8. The first-order valence-corrected chi connectivity index (χ1v) is 5.98. The van der Waals surface area contributed by atoms with Crippen molar-refractivity contribution < 1.29 is 14.3 Å². The molecular formula is C13H17FN2O2. The van der Waals surface area contributed by atoms with E-state index in [-0.39, 0.29) is 17.8 Å².